The summed E-state index contributed by atoms with van der Waals surface area (Å²) in [4.78, 5) is 13.7. The minimum atomic E-state index is -3.67. The van der Waals surface area contributed by atoms with Gasteiger partial charge in [-0.1, -0.05) is 18.2 Å². The summed E-state index contributed by atoms with van der Waals surface area (Å²) in [5.74, 6) is 0. The van der Waals surface area contributed by atoms with Gasteiger partial charge in [0.1, 0.15) is 0 Å². The third kappa shape index (κ3) is 8.95. The molecule has 106 valence electrons. The van der Waals surface area contributed by atoms with Crippen LogP contribution in [0.25, 0.3) is 10.8 Å². The fraction of sp³-hybridized carbons (Fsp3) is 0.250. The van der Waals surface area contributed by atoms with E-state index in [1.54, 1.807) is 13.1 Å². The van der Waals surface area contributed by atoms with Crippen molar-refractivity contribution in [1.82, 2.24) is 4.98 Å². The number of hydrogen-bond donors (Lipinski definition) is 3. The highest BCUT2D eigenvalue weighted by Gasteiger charge is 1.92. The average molecular weight is 287 g/mol. The van der Waals surface area contributed by atoms with Gasteiger partial charge in [0, 0.05) is 18.2 Å². The highest BCUT2D eigenvalue weighted by Crippen LogP contribution is 2.05. The van der Waals surface area contributed by atoms with Crippen LogP contribution in [0.2, 0.25) is 0 Å². The zero-order valence-electron chi connectivity index (χ0n) is 10.7. The summed E-state index contributed by atoms with van der Waals surface area (Å²) >= 11 is 0. The fourth-order valence-electron chi connectivity index (χ4n) is 1.13. The molecule has 1 aromatic heterocycles. The minimum absolute atomic E-state index is 0.0249. The summed E-state index contributed by atoms with van der Waals surface area (Å²) < 4.78 is 25.9. The van der Waals surface area contributed by atoms with Gasteiger partial charge in [0.15, 0.2) is 0 Å². The largest absolute Gasteiger partial charge is 0.397 e. The highest BCUT2D eigenvalue weighted by molar-refractivity contribution is 7.85. The minimum Gasteiger partial charge on any atom is -0.397 e. The lowest BCUT2D eigenvalue weighted by molar-refractivity contribution is 0.318. The quantitative estimate of drug-likeness (QED) is 0.627. The van der Waals surface area contributed by atoms with E-state index in [9.17, 15) is 13.2 Å². The third-order valence-corrected chi connectivity index (χ3v) is 1.68. The monoisotopic (exact) mass is 287 g/mol. The predicted molar refractivity (Wildman–Crippen MR) is 74.8 cm³/mol. The van der Waals surface area contributed by atoms with Gasteiger partial charge in [-0.05, 0) is 24.4 Å². The van der Waals surface area contributed by atoms with E-state index in [0.717, 1.165) is 10.8 Å². The van der Waals surface area contributed by atoms with E-state index in [-0.39, 0.29) is 12.2 Å². The Morgan fingerprint density at radius 2 is 1.68 bits per heavy atom. The summed E-state index contributed by atoms with van der Waals surface area (Å²) in [6.45, 7) is 1.93. The van der Waals surface area contributed by atoms with Crippen LogP contribution in [0.5, 0.6) is 0 Å². The number of fused-ring (bicyclic) bond motifs is 1. The molecule has 1 aromatic carbocycles. The van der Waals surface area contributed by atoms with Crippen LogP contribution in [0.1, 0.15) is 6.92 Å². The Kier molecular flexibility index (Phi) is 7.66. The van der Waals surface area contributed by atoms with Crippen molar-refractivity contribution in [3.05, 3.63) is 46.9 Å². The van der Waals surface area contributed by atoms with E-state index in [4.69, 9.17) is 9.66 Å². The van der Waals surface area contributed by atoms with Crippen LogP contribution in [-0.2, 0) is 10.1 Å². The molecule has 0 saturated heterocycles. The number of pyridine rings is 1. The molecule has 0 saturated carbocycles. The molecule has 19 heavy (non-hydrogen) atoms. The van der Waals surface area contributed by atoms with Gasteiger partial charge in [0.2, 0.25) is 0 Å². The molecule has 0 fully saturated rings. The van der Waals surface area contributed by atoms with Crippen molar-refractivity contribution in [1.29, 1.82) is 0 Å². The second kappa shape index (κ2) is 8.41. The van der Waals surface area contributed by atoms with Crippen molar-refractivity contribution in [2.45, 2.75) is 6.92 Å². The molecule has 0 bridgehead atoms. The van der Waals surface area contributed by atoms with Crippen LogP contribution in [0, 0.1) is 0 Å². The summed E-state index contributed by atoms with van der Waals surface area (Å²) in [5, 5.41) is 9.30. The molecule has 2 aromatic rings. The maximum Gasteiger partial charge on any atom is 0.261 e. The maximum absolute atomic E-state index is 11.1. The number of aliphatic hydroxyl groups excluding tert-OH is 1. The lowest BCUT2D eigenvalue weighted by Crippen LogP contribution is -2.03. The topological polar surface area (TPSA) is 107 Å². The molecule has 0 unspecified atom stereocenters. The zero-order valence-corrected chi connectivity index (χ0v) is 11.5. The molecule has 0 aliphatic rings. The maximum atomic E-state index is 11.1. The Balaban J connectivity index is 0.000000344. The third-order valence-electron chi connectivity index (χ3n) is 1.68. The van der Waals surface area contributed by atoms with Crippen LogP contribution in [-0.4, -0.2) is 35.9 Å². The van der Waals surface area contributed by atoms with Crippen molar-refractivity contribution in [3.63, 3.8) is 0 Å². The van der Waals surface area contributed by atoms with Gasteiger partial charge in [0.05, 0.1) is 6.26 Å². The average Bonchev–Trinajstić information content (AvgIpc) is 2.29. The molecule has 3 N–H and O–H groups in total. The lowest BCUT2D eigenvalue weighted by atomic mass is 10.2. The molecule has 0 amide bonds. The first kappa shape index (κ1) is 17.3. The molecule has 0 spiro atoms. The van der Waals surface area contributed by atoms with E-state index in [1.165, 1.54) is 0 Å². The number of nitrogens with one attached hydrogen (secondary N) is 1. The highest BCUT2D eigenvalue weighted by atomic mass is 32.2. The second-order valence-electron chi connectivity index (χ2n) is 3.44. The van der Waals surface area contributed by atoms with Gasteiger partial charge in [-0.3, -0.25) is 9.35 Å². The number of rotatable bonds is 0. The Labute approximate surface area is 111 Å². The summed E-state index contributed by atoms with van der Waals surface area (Å²) in [6.07, 6.45) is 2.37. The predicted octanol–water partition coefficient (Wildman–Crippen LogP) is 1.03. The van der Waals surface area contributed by atoms with Gasteiger partial charge in [-0.15, -0.1) is 0 Å². The molecule has 0 atom stereocenters. The van der Waals surface area contributed by atoms with Crippen molar-refractivity contribution in [2.75, 3.05) is 12.9 Å². The first-order chi connectivity index (χ1) is 8.79. The molecule has 2 rings (SSSR count). The summed E-state index contributed by atoms with van der Waals surface area (Å²) in [5.41, 5.74) is -0.0249. The number of aromatic amines is 1. The van der Waals surface area contributed by atoms with Crippen molar-refractivity contribution >= 4 is 20.9 Å². The van der Waals surface area contributed by atoms with E-state index >= 15 is 0 Å². The number of aliphatic hydroxyl groups is 1. The second-order valence-corrected chi connectivity index (χ2v) is 4.91. The lowest BCUT2D eigenvalue weighted by Gasteiger charge is -1.92. The molecular formula is C12H17NO5S. The van der Waals surface area contributed by atoms with E-state index < -0.39 is 10.1 Å². The number of hydrogen-bond acceptors (Lipinski definition) is 4. The fourth-order valence-corrected chi connectivity index (χ4v) is 1.13. The Morgan fingerprint density at radius 3 is 2.16 bits per heavy atom. The van der Waals surface area contributed by atoms with Crippen LogP contribution >= 0.6 is 0 Å². The van der Waals surface area contributed by atoms with E-state index in [0.29, 0.717) is 6.26 Å². The van der Waals surface area contributed by atoms with Crippen LogP contribution in [0.4, 0.5) is 0 Å². The van der Waals surface area contributed by atoms with Gasteiger partial charge in [0.25, 0.3) is 15.7 Å². The molecule has 6 nitrogen and oxygen atoms in total. The van der Waals surface area contributed by atoms with E-state index in [1.807, 2.05) is 30.3 Å². The summed E-state index contributed by atoms with van der Waals surface area (Å²) in [6, 6.07) is 9.40. The smallest absolute Gasteiger partial charge is 0.261 e. The van der Waals surface area contributed by atoms with Crippen molar-refractivity contribution in [2.24, 2.45) is 0 Å². The van der Waals surface area contributed by atoms with Crippen LogP contribution in [0.15, 0.2) is 41.3 Å². The van der Waals surface area contributed by atoms with Gasteiger partial charge >= 0.3 is 0 Å². The van der Waals surface area contributed by atoms with Crippen molar-refractivity contribution in [3.8, 4) is 0 Å². The normalized spacial score (nSPS) is 9.89. The number of H-pyrrole nitrogens is 1. The molecule has 7 heteroatoms. The Morgan fingerprint density at radius 1 is 1.21 bits per heavy atom. The Bertz CT molecular complexity index is 635. The molecule has 1 heterocycles. The standard InChI is InChI=1S/C9H7NO.C2H6O.CH4O3S/c11-9-8-4-2-1-3-7(8)5-6-10-9;1-2-3;1-5(2,3)4/h1-6H,(H,10,11);3H,2H2,1H3;1H3,(H,2,3,4). The van der Waals surface area contributed by atoms with E-state index in [2.05, 4.69) is 4.98 Å². The molecule has 0 radical (unpaired) electrons. The molecule has 0 aliphatic heterocycles. The number of benzene rings is 1. The van der Waals surface area contributed by atoms with Crippen LogP contribution < -0.4 is 5.56 Å². The van der Waals surface area contributed by atoms with Gasteiger partial charge in [-0.25, -0.2) is 0 Å². The zero-order chi connectivity index (χ0) is 14.9. The molecular weight excluding hydrogens is 270 g/mol. The first-order valence-electron chi connectivity index (χ1n) is 5.39. The van der Waals surface area contributed by atoms with Crippen LogP contribution in [0.3, 0.4) is 0 Å². The first-order valence-corrected chi connectivity index (χ1v) is 7.24. The van der Waals surface area contributed by atoms with Crippen molar-refractivity contribution < 1.29 is 18.1 Å². The number of aromatic nitrogens is 1. The van der Waals surface area contributed by atoms with Gasteiger partial charge < -0.3 is 10.1 Å². The van der Waals surface area contributed by atoms with Gasteiger partial charge in [-0.2, -0.15) is 8.42 Å². The Hall–Kier alpha value is -1.70. The molecule has 0 aliphatic carbocycles. The summed E-state index contributed by atoms with van der Waals surface area (Å²) in [7, 11) is -3.67. The SMILES string of the molecule is CCO.CS(=O)(=O)O.O=c1[nH]ccc2ccccc12.